The van der Waals surface area contributed by atoms with Gasteiger partial charge in [0.25, 0.3) is 0 Å². The maximum atomic E-state index is 11.4. The Kier molecular flexibility index (Phi) is 6.10. The molecule has 0 saturated heterocycles. The Bertz CT molecular complexity index is 368. The summed E-state index contributed by atoms with van der Waals surface area (Å²) in [5, 5.41) is 2.77. The largest absolute Gasteiger partial charge is 0.462 e. The Balaban J connectivity index is 2.18. The van der Waals surface area contributed by atoms with E-state index in [9.17, 15) is 4.79 Å². The van der Waals surface area contributed by atoms with Gasteiger partial charge in [0.15, 0.2) is 0 Å². The topological polar surface area (TPSA) is 51.5 Å². The van der Waals surface area contributed by atoms with Gasteiger partial charge in [0.1, 0.15) is 11.5 Å². The molecule has 4 heteroatoms. The van der Waals surface area contributed by atoms with Crippen LogP contribution in [0.2, 0.25) is 0 Å². The van der Waals surface area contributed by atoms with Gasteiger partial charge in [-0.2, -0.15) is 0 Å². The Labute approximate surface area is 102 Å². The van der Waals surface area contributed by atoms with E-state index < -0.39 is 0 Å². The number of nitrogens with one attached hydrogen (secondary N) is 1. The van der Waals surface area contributed by atoms with Crippen LogP contribution in [-0.4, -0.2) is 25.7 Å². The number of carbonyl (C=O) groups excluding carboxylic acids is 1. The molecule has 0 radical (unpaired) electrons. The third kappa shape index (κ3) is 5.92. The van der Waals surface area contributed by atoms with Gasteiger partial charge >= 0.3 is 0 Å². The highest BCUT2D eigenvalue weighted by Crippen LogP contribution is 2.07. The molecule has 0 atom stereocenters. The number of hydrogen-bond acceptors (Lipinski definition) is 3. The second kappa shape index (κ2) is 7.68. The van der Waals surface area contributed by atoms with E-state index in [4.69, 9.17) is 9.15 Å². The zero-order chi connectivity index (χ0) is 12.5. The molecule has 4 nitrogen and oxygen atoms in total. The smallest absolute Gasteiger partial charge is 0.244 e. The van der Waals surface area contributed by atoms with Crippen LogP contribution in [0.15, 0.2) is 22.6 Å². The van der Waals surface area contributed by atoms with E-state index >= 15 is 0 Å². The van der Waals surface area contributed by atoms with Crippen molar-refractivity contribution in [1.29, 1.82) is 0 Å². The maximum absolute atomic E-state index is 11.4. The zero-order valence-electron chi connectivity index (χ0n) is 10.4. The number of carbonyl (C=O) groups is 1. The van der Waals surface area contributed by atoms with Crippen molar-refractivity contribution in [2.75, 3.05) is 19.8 Å². The third-order valence-corrected chi connectivity index (χ3v) is 2.13. The second-order valence-corrected chi connectivity index (χ2v) is 3.62. The summed E-state index contributed by atoms with van der Waals surface area (Å²) in [6.07, 6.45) is 3.96. The van der Waals surface area contributed by atoms with Crippen LogP contribution in [0.4, 0.5) is 0 Å². The molecule has 1 aromatic heterocycles. The molecule has 0 aromatic carbocycles. The fourth-order valence-electron chi connectivity index (χ4n) is 1.29. The first kappa shape index (κ1) is 13.5. The lowest BCUT2D eigenvalue weighted by Crippen LogP contribution is -2.23. The molecular weight excluding hydrogens is 218 g/mol. The summed E-state index contributed by atoms with van der Waals surface area (Å²) in [5.41, 5.74) is 0. The van der Waals surface area contributed by atoms with Crippen LogP contribution in [0, 0.1) is 6.92 Å². The minimum absolute atomic E-state index is 0.115. The van der Waals surface area contributed by atoms with Crippen molar-refractivity contribution in [1.82, 2.24) is 5.32 Å². The van der Waals surface area contributed by atoms with Gasteiger partial charge in [-0.15, -0.1) is 0 Å². The van der Waals surface area contributed by atoms with E-state index in [1.54, 1.807) is 6.08 Å². The van der Waals surface area contributed by atoms with E-state index in [1.165, 1.54) is 6.08 Å². The van der Waals surface area contributed by atoms with Crippen molar-refractivity contribution >= 4 is 12.0 Å². The molecule has 0 fully saturated rings. The average Bonchev–Trinajstić information content (AvgIpc) is 2.72. The summed E-state index contributed by atoms with van der Waals surface area (Å²) in [6.45, 7) is 5.84. The Morgan fingerprint density at radius 3 is 3.00 bits per heavy atom. The van der Waals surface area contributed by atoms with Crippen LogP contribution in [0.1, 0.15) is 24.9 Å². The molecular formula is C13H19NO3. The molecule has 1 heterocycles. The number of aryl methyl sites for hydroxylation is 1. The number of furan rings is 1. The predicted octanol–water partition coefficient (Wildman–Crippen LogP) is 2.14. The van der Waals surface area contributed by atoms with Crippen LogP contribution in [0.3, 0.4) is 0 Å². The first-order chi connectivity index (χ1) is 8.22. The number of hydrogen-bond donors (Lipinski definition) is 1. The second-order valence-electron chi connectivity index (χ2n) is 3.62. The molecule has 0 bridgehead atoms. The van der Waals surface area contributed by atoms with Crippen molar-refractivity contribution in [3.05, 3.63) is 29.7 Å². The first-order valence-corrected chi connectivity index (χ1v) is 5.82. The lowest BCUT2D eigenvalue weighted by Gasteiger charge is -2.01. The number of rotatable bonds is 7. The molecule has 0 aliphatic rings. The van der Waals surface area contributed by atoms with E-state index in [2.05, 4.69) is 5.32 Å². The predicted molar refractivity (Wildman–Crippen MR) is 66.6 cm³/mol. The number of amides is 1. The molecule has 1 rings (SSSR count). The standard InChI is InChI=1S/C13H19NO3/c1-3-16-10-4-9-14-13(15)8-7-12-6-5-11(2)17-12/h5-8H,3-4,9-10H2,1-2H3,(H,14,15)/b8-7+. The highest BCUT2D eigenvalue weighted by molar-refractivity contribution is 5.91. The quantitative estimate of drug-likeness (QED) is 0.584. The lowest BCUT2D eigenvalue weighted by molar-refractivity contribution is -0.116. The molecule has 94 valence electrons. The van der Waals surface area contributed by atoms with Gasteiger partial charge in [-0.1, -0.05) is 0 Å². The van der Waals surface area contributed by atoms with E-state index in [1.807, 2.05) is 26.0 Å². The van der Waals surface area contributed by atoms with Crippen LogP contribution in [-0.2, 0) is 9.53 Å². The molecule has 17 heavy (non-hydrogen) atoms. The van der Waals surface area contributed by atoms with Crippen LogP contribution in [0.5, 0.6) is 0 Å². The normalized spacial score (nSPS) is 10.9. The Morgan fingerprint density at radius 2 is 2.35 bits per heavy atom. The fraction of sp³-hybridized carbons (Fsp3) is 0.462. The van der Waals surface area contributed by atoms with Crippen molar-refractivity contribution in [2.45, 2.75) is 20.3 Å². The lowest BCUT2D eigenvalue weighted by atomic mass is 10.3. The summed E-state index contributed by atoms with van der Waals surface area (Å²) in [7, 11) is 0. The molecule has 1 amide bonds. The zero-order valence-corrected chi connectivity index (χ0v) is 10.4. The van der Waals surface area contributed by atoms with Gasteiger partial charge < -0.3 is 14.5 Å². The van der Waals surface area contributed by atoms with Crippen molar-refractivity contribution in [2.24, 2.45) is 0 Å². The SMILES string of the molecule is CCOCCCNC(=O)/C=C/c1ccc(C)o1. The van der Waals surface area contributed by atoms with E-state index in [0.717, 1.165) is 12.2 Å². The van der Waals surface area contributed by atoms with Gasteiger partial charge in [-0.25, -0.2) is 0 Å². The summed E-state index contributed by atoms with van der Waals surface area (Å²) < 4.78 is 10.5. The van der Waals surface area contributed by atoms with Crippen molar-refractivity contribution < 1.29 is 13.9 Å². The number of ether oxygens (including phenoxy) is 1. The minimum Gasteiger partial charge on any atom is -0.462 e. The highest BCUT2D eigenvalue weighted by Gasteiger charge is 1.96. The average molecular weight is 237 g/mol. The summed E-state index contributed by atoms with van der Waals surface area (Å²) >= 11 is 0. The molecule has 0 unspecified atom stereocenters. The van der Waals surface area contributed by atoms with Crippen molar-refractivity contribution in [3.63, 3.8) is 0 Å². The van der Waals surface area contributed by atoms with Gasteiger partial charge in [0.05, 0.1) is 0 Å². The van der Waals surface area contributed by atoms with Crippen LogP contribution >= 0.6 is 0 Å². The summed E-state index contributed by atoms with van der Waals surface area (Å²) in [6, 6.07) is 3.69. The summed E-state index contributed by atoms with van der Waals surface area (Å²) in [5.74, 6) is 1.41. The third-order valence-electron chi connectivity index (χ3n) is 2.13. The van der Waals surface area contributed by atoms with Gasteiger partial charge in [-0.05, 0) is 38.5 Å². The van der Waals surface area contributed by atoms with Gasteiger partial charge in [0.2, 0.25) is 5.91 Å². The monoisotopic (exact) mass is 237 g/mol. The molecule has 0 spiro atoms. The van der Waals surface area contributed by atoms with Crippen LogP contribution in [0.25, 0.3) is 6.08 Å². The fourth-order valence-corrected chi connectivity index (χ4v) is 1.29. The first-order valence-electron chi connectivity index (χ1n) is 5.82. The van der Waals surface area contributed by atoms with E-state index in [-0.39, 0.29) is 5.91 Å². The summed E-state index contributed by atoms with van der Waals surface area (Å²) in [4.78, 5) is 11.4. The van der Waals surface area contributed by atoms with Crippen molar-refractivity contribution in [3.8, 4) is 0 Å². The van der Waals surface area contributed by atoms with Gasteiger partial charge in [0, 0.05) is 25.8 Å². The maximum Gasteiger partial charge on any atom is 0.244 e. The van der Waals surface area contributed by atoms with E-state index in [0.29, 0.717) is 25.5 Å². The van der Waals surface area contributed by atoms with Crippen LogP contribution < -0.4 is 5.32 Å². The Hall–Kier alpha value is -1.55. The highest BCUT2D eigenvalue weighted by atomic mass is 16.5. The Morgan fingerprint density at radius 1 is 1.53 bits per heavy atom. The van der Waals surface area contributed by atoms with Gasteiger partial charge in [-0.3, -0.25) is 4.79 Å². The minimum atomic E-state index is -0.115. The molecule has 1 N–H and O–H groups in total. The molecule has 0 aliphatic carbocycles. The molecule has 1 aromatic rings. The molecule has 0 aliphatic heterocycles. The molecule has 0 saturated carbocycles.